The molecule has 1 aromatic heterocycles. The lowest BCUT2D eigenvalue weighted by Crippen LogP contribution is -2.20. The minimum atomic E-state index is -4.86. The van der Waals surface area contributed by atoms with E-state index in [9.17, 15) is 18.0 Å². The molecular weight excluding hydrogens is 229 g/mol. The van der Waals surface area contributed by atoms with E-state index in [0.717, 1.165) is 0 Å². The summed E-state index contributed by atoms with van der Waals surface area (Å²) in [6, 6.07) is 3.23. The van der Waals surface area contributed by atoms with Crippen LogP contribution in [0.25, 0.3) is 5.76 Å². The van der Waals surface area contributed by atoms with Crippen molar-refractivity contribution in [3.8, 4) is 0 Å². The molecule has 0 fully saturated rings. The van der Waals surface area contributed by atoms with Crippen LogP contribution in [-0.2, 0) is 9.53 Å². The van der Waals surface area contributed by atoms with Crippen LogP contribution in [0.1, 0.15) is 4.88 Å². The second kappa shape index (κ2) is 4.48. The van der Waals surface area contributed by atoms with Gasteiger partial charge >= 0.3 is 6.18 Å². The van der Waals surface area contributed by atoms with Crippen LogP contribution in [0, 0.1) is 0 Å². The smallest absolute Gasteiger partial charge is 0.454 e. The van der Waals surface area contributed by atoms with E-state index in [1.54, 1.807) is 17.5 Å². The number of ketones is 1. The highest BCUT2D eigenvalue weighted by Gasteiger charge is 2.37. The highest BCUT2D eigenvalue weighted by atomic mass is 32.1. The van der Waals surface area contributed by atoms with Gasteiger partial charge in [-0.05, 0) is 11.4 Å². The molecule has 0 saturated carbocycles. The number of halogens is 3. The first kappa shape index (κ1) is 11.8. The number of ether oxygens (including phenoxy) is 1. The average Bonchev–Trinajstić information content (AvgIpc) is 2.64. The zero-order valence-corrected chi connectivity index (χ0v) is 8.48. The number of hydrogen-bond acceptors (Lipinski definition) is 3. The number of carbonyl (C=O) groups is 1. The number of rotatable bonds is 3. The van der Waals surface area contributed by atoms with E-state index in [1.165, 1.54) is 18.4 Å². The zero-order valence-electron chi connectivity index (χ0n) is 7.67. The molecule has 0 spiro atoms. The minimum absolute atomic E-state index is 0.0766. The summed E-state index contributed by atoms with van der Waals surface area (Å²) in [6.45, 7) is 0. The largest absolute Gasteiger partial charge is 0.495 e. The van der Waals surface area contributed by atoms with Crippen molar-refractivity contribution >= 4 is 22.9 Å². The maximum absolute atomic E-state index is 11.9. The molecule has 82 valence electrons. The lowest BCUT2D eigenvalue weighted by atomic mass is 10.3. The third-order valence-corrected chi connectivity index (χ3v) is 2.41. The van der Waals surface area contributed by atoms with Crippen LogP contribution < -0.4 is 0 Å². The lowest BCUT2D eigenvalue weighted by molar-refractivity contribution is -0.165. The molecule has 0 aliphatic rings. The summed E-state index contributed by atoms with van der Waals surface area (Å²) in [5.41, 5.74) is 0. The molecule has 6 heteroatoms. The molecule has 0 unspecified atom stereocenters. The summed E-state index contributed by atoms with van der Waals surface area (Å²) >= 11 is 1.20. The van der Waals surface area contributed by atoms with Gasteiger partial charge in [-0.25, -0.2) is 0 Å². The molecule has 0 aliphatic heterocycles. The maximum atomic E-state index is 11.9. The number of methoxy groups -OCH3 is 1. The number of thiophene rings is 1. The van der Waals surface area contributed by atoms with Gasteiger partial charge in [-0.2, -0.15) is 13.2 Å². The number of alkyl halides is 3. The Hall–Kier alpha value is -1.30. The molecule has 2 nitrogen and oxygen atoms in total. The van der Waals surface area contributed by atoms with Gasteiger partial charge in [0.1, 0.15) is 5.76 Å². The van der Waals surface area contributed by atoms with Gasteiger partial charge in [0.15, 0.2) is 0 Å². The Morgan fingerprint density at radius 2 is 2.20 bits per heavy atom. The highest BCUT2D eigenvalue weighted by Crippen LogP contribution is 2.24. The third-order valence-electron chi connectivity index (χ3n) is 1.53. The van der Waals surface area contributed by atoms with E-state index in [-0.39, 0.29) is 5.76 Å². The van der Waals surface area contributed by atoms with Crippen LogP contribution in [0.15, 0.2) is 23.6 Å². The molecule has 0 amide bonds. The normalized spacial score (nSPS) is 12.7. The fourth-order valence-corrected chi connectivity index (χ4v) is 1.57. The zero-order chi connectivity index (χ0) is 11.5. The van der Waals surface area contributed by atoms with Gasteiger partial charge in [0, 0.05) is 6.08 Å². The van der Waals surface area contributed by atoms with Gasteiger partial charge in [0.25, 0.3) is 5.78 Å². The molecular formula is C9H7F3O2S. The molecule has 0 aliphatic carbocycles. The van der Waals surface area contributed by atoms with Crippen molar-refractivity contribution in [3.63, 3.8) is 0 Å². The van der Waals surface area contributed by atoms with E-state index >= 15 is 0 Å². The molecule has 0 bridgehead atoms. The summed E-state index contributed by atoms with van der Waals surface area (Å²) in [4.78, 5) is 11.1. The average molecular weight is 236 g/mol. The minimum Gasteiger partial charge on any atom is -0.495 e. The summed E-state index contributed by atoms with van der Waals surface area (Å²) in [6.07, 6.45) is -4.41. The maximum Gasteiger partial charge on any atom is 0.454 e. The lowest BCUT2D eigenvalue weighted by Gasteiger charge is -2.04. The highest BCUT2D eigenvalue weighted by molar-refractivity contribution is 7.11. The van der Waals surface area contributed by atoms with Gasteiger partial charge in [0.2, 0.25) is 0 Å². The van der Waals surface area contributed by atoms with Crippen LogP contribution >= 0.6 is 11.3 Å². The van der Waals surface area contributed by atoms with Crippen LogP contribution in [0.4, 0.5) is 13.2 Å². The fourth-order valence-electron chi connectivity index (χ4n) is 0.850. The molecule has 0 aromatic carbocycles. The van der Waals surface area contributed by atoms with Crippen LogP contribution in [-0.4, -0.2) is 19.1 Å². The second-order valence-corrected chi connectivity index (χ2v) is 3.50. The van der Waals surface area contributed by atoms with Crippen molar-refractivity contribution in [1.82, 2.24) is 0 Å². The molecule has 15 heavy (non-hydrogen) atoms. The van der Waals surface area contributed by atoms with Gasteiger partial charge in [-0.3, -0.25) is 4.79 Å². The van der Waals surface area contributed by atoms with Crippen molar-refractivity contribution in [2.45, 2.75) is 6.18 Å². The standard InChI is InChI=1S/C9H7F3O2S/c1-14-6(7-3-2-4-15-7)5-8(13)9(10,11)12/h2-5H,1H3/b6-5-. The van der Waals surface area contributed by atoms with Crippen molar-refractivity contribution < 1.29 is 22.7 Å². The Morgan fingerprint density at radius 3 is 2.60 bits per heavy atom. The monoisotopic (exact) mass is 236 g/mol. The Bertz CT molecular complexity index is 365. The van der Waals surface area contributed by atoms with Crippen molar-refractivity contribution in [2.75, 3.05) is 7.11 Å². The number of carbonyl (C=O) groups excluding carboxylic acids is 1. The van der Waals surface area contributed by atoms with Crippen molar-refractivity contribution in [2.24, 2.45) is 0 Å². The van der Waals surface area contributed by atoms with Crippen LogP contribution in [0.2, 0.25) is 0 Å². The Kier molecular flexibility index (Phi) is 3.52. The van der Waals surface area contributed by atoms with E-state index in [4.69, 9.17) is 4.74 Å². The van der Waals surface area contributed by atoms with Crippen molar-refractivity contribution in [1.29, 1.82) is 0 Å². The molecule has 1 heterocycles. The Balaban J connectivity index is 2.94. The summed E-state index contributed by atoms with van der Waals surface area (Å²) in [5.74, 6) is -2.00. The molecule has 1 aromatic rings. The first-order valence-corrected chi connectivity index (χ1v) is 4.74. The van der Waals surface area contributed by atoms with Crippen molar-refractivity contribution in [3.05, 3.63) is 28.5 Å². The molecule has 0 N–H and O–H groups in total. The first-order valence-electron chi connectivity index (χ1n) is 3.86. The summed E-state index contributed by atoms with van der Waals surface area (Å²) in [5, 5.41) is 1.68. The van der Waals surface area contributed by atoms with Gasteiger partial charge in [-0.1, -0.05) is 6.07 Å². The van der Waals surface area contributed by atoms with E-state index in [1.807, 2.05) is 0 Å². The quantitative estimate of drug-likeness (QED) is 0.595. The first-order chi connectivity index (χ1) is 6.95. The predicted octanol–water partition coefficient (Wildman–Crippen LogP) is 2.87. The predicted molar refractivity (Wildman–Crippen MR) is 50.4 cm³/mol. The SMILES string of the molecule is CO/C(=C\C(=O)C(F)(F)F)c1cccs1. The van der Waals surface area contributed by atoms with Gasteiger partial charge < -0.3 is 4.74 Å². The van der Waals surface area contributed by atoms with Crippen LogP contribution in [0.3, 0.4) is 0 Å². The van der Waals surface area contributed by atoms with E-state index < -0.39 is 12.0 Å². The van der Waals surface area contributed by atoms with E-state index in [0.29, 0.717) is 11.0 Å². The summed E-state index contributed by atoms with van der Waals surface area (Å²) < 4.78 is 40.5. The topological polar surface area (TPSA) is 26.3 Å². The second-order valence-electron chi connectivity index (χ2n) is 2.55. The van der Waals surface area contributed by atoms with Gasteiger partial charge in [-0.15, -0.1) is 11.3 Å². The third kappa shape index (κ3) is 3.09. The Morgan fingerprint density at radius 1 is 1.53 bits per heavy atom. The molecule has 0 radical (unpaired) electrons. The van der Waals surface area contributed by atoms with E-state index in [2.05, 4.69) is 0 Å². The fraction of sp³-hybridized carbons (Fsp3) is 0.222. The van der Waals surface area contributed by atoms with Gasteiger partial charge in [0.05, 0.1) is 12.0 Å². The molecule has 1 rings (SSSR count). The molecule has 0 saturated heterocycles. The Labute approximate surface area is 88.0 Å². The molecule has 0 atom stereocenters. The summed E-state index contributed by atoms with van der Waals surface area (Å²) in [7, 11) is 1.22. The number of allylic oxidation sites excluding steroid dienone is 1. The van der Waals surface area contributed by atoms with Crippen LogP contribution in [0.5, 0.6) is 0 Å². The number of hydrogen-bond donors (Lipinski definition) is 0.